The normalized spacial score (nSPS) is 10.8. The van der Waals surface area contributed by atoms with E-state index in [0.29, 0.717) is 19.0 Å². The summed E-state index contributed by atoms with van der Waals surface area (Å²) in [4.78, 5) is 6.57. The third-order valence-electron chi connectivity index (χ3n) is 3.04. The SMILES string of the molecule is COc1cccc(CN(CCO)Cc2ccccc2)n1. The van der Waals surface area contributed by atoms with Gasteiger partial charge >= 0.3 is 0 Å². The number of hydrogen-bond donors (Lipinski definition) is 1. The molecule has 2 aromatic rings. The molecular formula is C16H20N2O2. The van der Waals surface area contributed by atoms with Crippen molar-refractivity contribution in [1.29, 1.82) is 0 Å². The highest BCUT2D eigenvalue weighted by atomic mass is 16.5. The summed E-state index contributed by atoms with van der Waals surface area (Å²) in [6.45, 7) is 2.23. The third kappa shape index (κ3) is 4.33. The predicted octanol–water partition coefficient (Wildman–Crippen LogP) is 2.08. The third-order valence-corrected chi connectivity index (χ3v) is 3.04. The maximum Gasteiger partial charge on any atom is 0.213 e. The first-order valence-corrected chi connectivity index (χ1v) is 6.69. The average molecular weight is 272 g/mol. The lowest BCUT2D eigenvalue weighted by atomic mass is 10.2. The van der Waals surface area contributed by atoms with Crippen molar-refractivity contribution in [3.63, 3.8) is 0 Å². The lowest BCUT2D eigenvalue weighted by molar-refractivity contribution is 0.182. The Bertz CT molecular complexity index is 517. The fraction of sp³-hybridized carbons (Fsp3) is 0.312. The minimum Gasteiger partial charge on any atom is -0.481 e. The van der Waals surface area contributed by atoms with Crippen LogP contribution >= 0.6 is 0 Å². The Kier molecular flexibility index (Phi) is 5.53. The molecule has 4 heteroatoms. The van der Waals surface area contributed by atoms with E-state index in [1.54, 1.807) is 7.11 Å². The van der Waals surface area contributed by atoms with E-state index >= 15 is 0 Å². The van der Waals surface area contributed by atoms with Gasteiger partial charge in [0.05, 0.1) is 19.4 Å². The van der Waals surface area contributed by atoms with Gasteiger partial charge in [0.2, 0.25) is 5.88 Å². The summed E-state index contributed by atoms with van der Waals surface area (Å²) in [5.41, 5.74) is 2.16. The lowest BCUT2D eigenvalue weighted by Gasteiger charge is -2.21. The number of ether oxygens (including phenoxy) is 1. The van der Waals surface area contributed by atoms with Crippen LogP contribution in [0.1, 0.15) is 11.3 Å². The van der Waals surface area contributed by atoms with Crippen molar-refractivity contribution in [2.45, 2.75) is 13.1 Å². The molecule has 0 amide bonds. The number of hydrogen-bond acceptors (Lipinski definition) is 4. The number of pyridine rings is 1. The van der Waals surface area contributed by atoms with Gasteiger partial charge in [0, 0.05) is 25.7 Å². The van der Waals surface area contributed by atoms with E-state index in [-0.39, 0.29) is 6.61 Å². The monoisotopic (exact) mass is 272 g/mol. The van der Waals surface area contributed by atoms with Crippen LogP contribution in [0.3, 0.4) is 0 Å². The van der Waals surface area contributed by atoms with Gasteiger partial charge in [0.25, 0.3) is 0 Å². The van der Waals surface area contributed by atoms with E-state index in [4.69, 9.17) is 4.74 Å². The van der Waals surface area contributed by atoms with Crippen molar-refractivity contribution in [3.05, 3.63) is 59.8 Å². The first kappa shape index (κ1) is 14.5. The van der Waals surface area contributed by atoms with Gasteiger partial charge in [-0.15, -0.1) is 0 Å². The molecule has 1 aromatic heterocycles. The van der Waals surface area contributed by atoms with E-state index in [1.165, 1.54) is 5.56 Å². The molecule has 1 N–H and O–H groups in total. The number of nitrogens with zero attached hydrogens (tertiary/aromatic N) is 2. The minimum absolute atomic E-state index is 0.136. The molecule has 4 nitrogen and oxygen atoms in total. The molecule has 0 aliphatic rings. The molecule has 0 atom stereocenters. The van der Waals surface area contributed by atoms with Gasteiger partial charge in [-0.3, -0.25) is 4.90 Å². The highest BCUT2D eigenvalue weighted by Gasteiger charge is 2.08. The highest BCUT2D eigenvalue weighted by Crippen LogP contribution is 2.11. The molecule has 0 aliphatic carbocycles. The molecule has 0 bridgehead atoms. The molecule has 20 heavy (non-hydrogen) atoms. The van der Waals surface area contributed by atoms with Gasteiger partial charge in [-0.25, -0.2) is 4.98 Å². The number of aromatic nitrogens is 1. The van der Waals surface area contributed by atoms with E-state index in [2.05, 4.69) is 22.0 Å². The van der Waals surface area contributed by atoms with Gasteiger partial charge < -0.3 is 9.84 Å². The van der Waals surface area contributed by atoms with Crippen molar-refractivity contribution < 1.29 is 9.84 Å². The Balaban J connectivity index is 2.04. The topological polar surface area (TPSA) is 45.6 Å². The van der Waals surface area contributed by atoms with E-state index < -0.39 is 0 Å². The fourth-order valence-corrected chi connectivity index (χ4v) is 2.09. The van der Waals surface area contributed by atoms with Crippen LogP contribution in [-0.2, 0) is 13.1 Å². The molecule has 0 saturated carbocycles. The van der Waals surface area contributed by atoms with Gasteiger partial charge in [-0.05, 0) is 11.6 Å². The predicted molar refractivity (Wildman–Crippen MR) is 78.4 cm³/mol. The van der Waals surface area contributed by atoms with Gasteiger partial charge in [0.1, 0.15) is 0 Å². The zero-order valence-corrected chi connectivity index (χ0v) is 11.7. The Labute approximate surface area is 119 Å². The van der Waals surface area contributed by atoms with Crippen LogP contribution in [-0.4, -0.2) is 35.3 Å². The van der Waals surface area contributed by atoms with Crippen LogP contribution in [0.25, 0.3) is 0 Å². The molecule has 2 rings (SSSR count). The van der Waals surface area contributed by atoms with Crippen molar-refractivity contribution in [3.8, 4) is 5.88 Å². The standard InChI is InChI=1S/C16H20N2O2/c1-20-16-9-5-8-15(17-16)13-18(10-11-19)12-14-6-3-2-4-7-14/h2-9,19H,10-13H2,1H3. The van der Waals surface area contributed by atoms with Gasteiger partial charge in [-0.1, -0.05) is 36.4 Å². The average Bonchev–Trinajstić information content (AvgIpc) is 2.49. The summed E-state index contributed by atoms with van der Waals surface area (Å²) in [7, 11) is 1.61. The number of aliphatic hydroxyl groups is 1. The van der Waals surface area contributed by atoms with Crippen molar-refractivity contribution >= 4 is 0 Å². The fourth-order valence-electron chi connectivity index (χ4n) is 2.09. The van der Waals surface area contributed by atoms with Crippen LogP contribution in [0.4, 0.5) is 0 Å². The van der Waals surface area contributed by atoms with Gasteiger partial charge in [0.15, 0.2) is 0 Å². The molecule has 1 heterocycles. The van der Waals surface area contributed by atoms with E-state index in [0.717, 1.165) is 12.2 Å². The largest absolute Gasteiger partial charge is 0.481 e. The summed E-state index contributed by atoms with van der Waals surface area (Å²) < 4.78 is 5.14. The van der Waals surface area contributed by atoms with E-state index in [9.17, 15) is 5.11 Å². The summed E-state index contributed by atoms with van der Waals surface area (Å²) in [5.74, 6) is 0.617. The summed E-state index contributed by atoms with van der Waals surface area (Å²) in [5, 5.41) is 9.21. The highest BCUT2D eigenvalue weighted by molar-refractivity contribution is 5.17. The van der Waals surface area contributed by atoms with Crippen LogP contribution < -0.4 is 4.74 Å². The molecule has 1 aromatic carbocycles. The number of benzene rings is 1. The molecule has 0 spiro atoms. The molecule has 0 radical (unpaired) electrons. The van der Waals surface area contributed by atoms with Crippen molar-refractivity contribution in [1.82, 2.24) is 9.88 Å². The molecule has 0 fully saturated rings. The van der Waals surface area contributed by atoms with Gasteiger partial charge in [-0.2, -0.15) is 0 Å². The molecule has 106 valence electrons. The Morgan fingerprint density at radius 1 is 1.05 bits per heavy atom. The van der Waals surface area contributed by atoms with E-state index in [1.807, 2.05) is 36.4 Å². The molecule has 0 aliphatic heterocycles. The zero-order valence-electron chi connectivity index (χ0n) is 11.7. The molecule has 0 unspecified atom stereocenters. The smallest absolute Gasteiger partial charge is 0.213 e. The van der Waals surface area contributed by atoms with Crippen LogP contribution in [0.2, 0.25) is 0 Å². The maximum absolute atomic E-state index is 9.21. The lowest BCUT2D eigenvalue weighted by Crippen LogP contribution is -2.26. The number of aliphatic hydroxyl groups excluding tert-OH is 1. The second-order valence-electron chi connectivity index (χ2n) is 4.59. The zero-order chi connectivity index (χ0) is 14.2. The second-order valence-corrected chi connectivity index (χ2v) is 4.59. The van der Waals surface area contributed by atoms with Crippen molar-refractivity contribution in [2.24, 2.45) is 0 Å². The number of rotatable bonds is 7. The maximum atomic E-state index is 9.21. The Hall–Kier alpha value is -1.91. The quantitative estimate of drug-likeness (QED) is 0.838. The first-order chi connectivity index (χ1) is 9.81. The van der Waals surface area contributed by atoms with Crippen LogP contribution in [0.5, 0.6) is 5.88 Å². The summed E-state index contributed by atoms with van der Waals surface area (Å²) >= 11 is 0. The molecular weight excluding hydrogens is 252 g/mol. The minimum atomic E-state index is 0.136. The summed E-state index contributed by atoms with van der Waals surface area (Å²) in [6, 6.07) is 16.0. The Morgan fingerprint density at radius 2 is 1.85 bits per heavy atom. The van der Waals surface area contributed by atoms with Crippen LogP contribution in [0, 0.1) is 0 Å². The second kappa shape index (κ2) is 7.62. The first-order valence-electron chi connectivity index (χ1n) is 6.69. The van der Waals surface area contributed by atoms with Crippen LogP contribution in [0.15, 0.2) is 48.5 Å². The Morgan fingerprint density at radius 3 is 2.55 bits per heavy atom. The summed E-state index contributed by atoms with van der Waals surface area (Å²) in [6.07, 6.45) is 0. The number of methoxy groups -OCH3 is 1. The van der Waals surface area contributed by atoms with Crippen molar-refractivity contribution in [2.75, 3.05) is 20.3 Å². The molecule has 0 saturated heterocycles.